The van der Waals surface area contributed by atoms with Gasteiger partial charge in [0, 0.05) is 11.6 Å². The molecule has 0 saturated heterocycles. The quantitative estimate of drug-likeness (QED) is 0.479. The molecule has 0 aliphatic heterocycles. The molecule has 0 bridgehead atoms. The van der Waals surface area contributed by atoms with Crippen molar-refractivity contribution < 1.29 is 13.9 Å². The Morgan fingerprint density at radius 2 is 2.23 bits per heavy atom. The van der Waals surface area contributed by atoms with Gasteiger partial charge in [-0.2, -0.15) is 0 Å². The minimum absolute atomic E-state index is 0.384. The Kier molecular flexibility index (Phi) is 3.04. The molecule has 0 aliphatic carbocycles. The number of rotatable bonds is 1. The number of carbonyl (C=O) groups excluding carboxylic acids is 1. The van der Waals surface area contributed by atoms with E-state index in [1.54, 1.807) is 6.07 Å². The van der Waals surface area contributed by atoms with Gasteiger partial charge in [0.2, 0.25) is 0 Å². The van der Waals surface area contributed by atoms with Crippen LogP contribution in [0.25, 0.3) is 0 Å². The van der Waals surface area contributed by atoms with Gasteiger partial charge < -0.3 is 4.74 Å². The molecule has 2 nitrogen and oxygen atoms in total. The number of ether oxygens (including phenoxy) is 1. The lowest BCUT2D eigenvalue weighted by atomic mass is 10.2. The number of halogens is 1. The van der Waals surface area contributed by atoms with Crippen molar-refractivity contribution in [3.05, 3.63) is 29.6 Å². The van der Waals surface area contributed by atoms with Crippen LogP contribution in [0, 0.1) is 17.7 Å². The first-order valence-electron chi connectivity index (χ1n) is 3.56. The molecule has 0 saturated carbocycles. The fourth-order valence-electron chi connectivity index (χ4n) is 0.866. The highest BCUT2D eigenvalue weighted by Gasteiger charge is 1.97. The third kappa shape index (κ3) is 2.60. The van der Waals surface area contributed by atoms with Crippen LogP contribution in [0.5, 0.6) is 5.75 Å². The van der Waals surface area contributed by atoms with Crippen molar-refractivity contribution in [2.45, 2.75) is 0 Å². The molecule has 0 radical (unpaired) electrons. The van der Waals surface area contributed by atoms with Crippen molar-refractivity contribution in [2.75, 3.05) is 7.11 Å². The Labute approximate surface area is 75.3 Å². The first-order valence-corrected chi connectivity index (χ1v) is 3.56. The molecule has 0 aliphatic rings. The maximum absolute atomic E-state index is 12.8. The van der Waals surface area contributed by atoms with Gasteiger partial charge in [0.05, 0.1) is 7.11 Å². The lowest BCUT2D eigenvalue weighted by Crippen LogP contribution is -1.86. The van der Waals surface area contributed by atoms with Crippen LogP contribution in [0.15, 0.2) is 18.2 Å². The van der Waals surface area contributed by atoms with E-state index in [9.17, 15) is 9.18 Å². The Bertz CT molecular complexity index is 374. The van der Waals surface area contributed by atoms with Gasteiger partial charge in [-0.1, -0.05) is 5.92 Å². The van der Waals surface area contributed by atoms with Gasteiger partial charge in [0.15, 0.2) is 6.29 Å². The zero-order valence-electron chi connectivity index (χ0n) is 7.00. The van der Waals surface area contributed by atoms with Crippen LogP contribution >= 0.6 is 0 Å². The maximum Gasteiger partial charge on any atom is 0.193 e. The standard InChI is InChI=1S/C10H7FO2/c1-13-10-6-8(3-2-4-12)5-9(11)7-10/h4-7H,1H3. The van der Waals surface area contributed by atoms with Gasteiger partial charge in [-0.25, -0.2) is 4.39 Å². The fourth-order valence-corrected chi connectivity index (χ4v) is 0.866. The second kappa shape index (κ2) is 4.27. The Balaban J connectivity index is 3.08. The van der Waals surface area contributed by atoms with Crippen LogP contribution in [0.3, 0.4) is 0 Å². The monoisotopic (exact) mass is 178 g/mol. The SMILES string of the molecule is COc1cc(F)cc(C#CC=O)c1. The Morgan fingerprint density at radius 1 is 1.46 bits per heavy atom. The fraction of sp³-hybridized carbons (Fsp3) is 0.100. The summed E-state index contributed by atoms with van der Waals surface area (Å²) in [5.74, 6) is 4.61. The van der Waals surface area contributed by atoms with Crippen LogP contribution in [0.2, 0.25) is 0 Å². The van der Waals surface area contributed by atoms with Crippen molar-refractivity contribution in [3.8, 4) is 17.6 Å². The molecule has 0 aromatic heterocycles. The molecule has 0 N–H and O–H groups in total. The van der Waals surface area contributed by atoms with E-state index in [0.29, 0.717) is 17.6 Å². The van der Waals surface area contributed by atoms with Gasteiger partial charge >= 0.3 is 0 Å². The van der Waals surface area contributed by atoms with Crippen molar-refractivity contribution in [3.63, 3.8) is 0 Å². The molecule has 3 heteroatoms. The van der Waals surface area contributed by atoms with Gasteiger partial charge in [-0.15, -0.1) is 0 Å². The van der Waals surface area contributed by atoms with E-state index >= 15 is 0 Å². The second-order valence-electron chi connectivity index (χ2n) is 2.27. The summed E-state index contributed by atoms with van der Waals surface area (Å²) in [7, 11) is 1.44. The molecule has 66 valence electrons. The summed E-state index contributed by atoms with van der Waals surface area (Å²) < 4.78 is 17.6. The molecule has 0 heterocycles. The number of methoxy groups -OCH3 is 1. The van der Waals surface area contributed by atoms with Crippen molar-refractivity contribution in [1.29, 1.82) is 0 Å². The van der Waals surface area contributed by atoms with E-state index in [1.807, 2.05) is 0 Å². The van der Waals surface area contributed by atoms with Gasteiger partial charge in [0.25, 0.3) is 0 Å². The van der Waals surface area contributed by atoms with Crippen molar-refractivity contribution >= 4 is 6.29 Å². The smallest absolute Gasteiger partial charge is 0.193 e. The van der Waals surface area contributed by atoms with E-state index in [2.05, 4.69) is 11.8 Å². The molecule has 1 aromatic carbocycles. The molecule has 0 fully saturated rings. The summed E-state index contributed by atoms with van der Waals surface area (Å²) in [6.45, 7) is 0. The van der Waals surface area contributed by atoms with Crippen LogP contribution in [-0.4, -0.2) is 13.4 Å². The zero-order chi connectivity index (χ0) is 9.68. The summed E-state index contributed by atoms with van der Waals surface area (Å²) in [5.41, 5.74) is 0.420. The predicted molar refractivity (Wildman–Crippen MR) is 45.9 cm³/mol. The summed E-state index contributed by atoms with van der Waals surface area (Å²) in [6, 6.07) is 4.03. The molecular weight excluding hydrogens is 171 g/mol. The first kappa shape index (κ1) is 9.27. The average molecular weight is 178 g/mol. The molecular formula is C10H7FO2. The van der Waals surface area contributed by atoms with Crippen molar-refractivity contribution in [2.24, 2.45) is 0 Å². The normalized spacial score (nSPS) is 8.46. The van der Waals surface area contributed by atoms with Gasteiger partial charge in [-0.3, -0.25) is 4.79 Å². The third-order valence-electron chi connectivity index (χ3n) is 1.38. The molecule has 1 rings (SSSR count). The number of benzene rings is 1. The largest absolute Gasteiger partial charge is 0.497 e. The first-order chi connectivity index (χ1) is 6.26. The number of aldehydes is 1. The highest BCUT2D eigenvalue weighted by Crippen LogP contribution is 2.14. The summed E-state index contributed by atoms with van der Waals surface area (Å²) in [5, 5.41) is 0. The Hall–Kier alpha value is -1.82. The zero-order valence-corrected chi connectivity index (χ0v) is 7.00. The van der Waals surface area contributed by atoms with E-state index in [0.717, 1.165) is 0 Å². The minimum Gasteiger partial charge on any atom is -0.497 e. The molecule has 0 atom stereocenters. The van der Waals surface area contributed by atoms with Crippen LogP contribution in [0.4, 0.5) is 4.39 Å². The molecule has 0 unspecified atom stereocenters. The number of carbonyl (C=O) groups is 1. The van der Waals surface area contributed by atoms with Crippen LogP contribution in [-0.2, 0) is 4.79 Å². The summed E-state index contributed by atoms with van der Waals surface area (Å²) in [4.78, 5) is 9.92. The predicted octanol–water partition coefficient (Wildman–Crippen LogP) is 1.38. The average Bonchev–Trinajstić information content (AvgIpc) is 2.14. The van der Waals surface area contributed by atoms with Crippen LogP contribution in [0.1, 0.15) is 5.56 Å². The summed E-state index contributed by atoms with van der Waals surface area (Å²) in [6.07, 6.45) is 0.456. The number of hydrogen-bond donors (Lipinski definition) is 0. The molecule has 1 aromatic rings. The third-order valence-corrected chi connectivity index (χ3v) is 1.38. The van der Waals surface area contributed by atoms with Gasteiger partial charge in [-0.05, 0) is 18.1 Å². The minimum atomic E-state index is -0.436. The van der Waals surface area contributed by atoms with E-state index in [1.165, 1.54) is 19.2 Å². The lowest BCUT2D eigenvalue weighted by Gasteiger charge is -1.99. The van der Waals surface area contributed by atoms with E-state index in [-0.39, 0.29) is 0 Å². The topological polar surface area (TPSA) is 26.3 Å². The number of hydrogen-bond acceptors (Lipinski definition) is 2. The highest BCUT2D eigenvalue weighted by molar-refractivity contribution is 5.74. The highest BCUT2D eigenvalue weighted by atomic mass is 19.1. The van der Waals surface area contributed by atoms with E-state index < -0.39 is 5.82 Å². The Morgan fingerprint density at radius 3 is 2.85 bits per heavy atom. The molecule has 0 amide bonds. The van der Waals surface area contributed by atoms with E-state index in [4.69, 9.17) is 4.74 Å². The second-order valence-corrected chi connectivity index (χ2v) is 2.27. The van der Waals surface area contributed by atoms with Crippen LogP contribution < -0.4 is 4.74 Å². The van der Waals surface area contributed by atoms with Gasteiger partial charge in [0.1, 0.15) is 11.6 Å². The lowest BCUT2D eigenvalue weighted by molar-refractivity contribution is -0.103. The molecule has 0 spiro atoms. The molecule has 13 heavy (non-hydrogen) atoms. The maximum atomic E-state index is 12.8. The van der Waals surface area contributed by atoms with Crippen molar-refractivity contribution in [1.82, 2.24) is 0 Å². The summed E-state index contributed by atoms with van der Waals surface area (Å²) >= 11 is 0.